The smallest absolute Gasteiger partial charge is 0.237 e. The Hall–Kier alpha value is -3.30. The summed E-state index contributed by atoms with van der Waals surface area (Å²) in [5, 5.41) is 20.6. The van der Waals surface area contributed by atoms with Crippen LogP contribution in [0.1, 0.15) is 49.1 Å². The van der Waals surface area contributed by atoms with Crippen molar-refractivity contribution < 1.29 is 9.26 Å². The molecule has 3 aromatic heterocycles. The molecule has 0 saturated carbocycles. The minimum Gasteiger partial charge on any atom is -0.468 e. The van der Waals surface area contributed by atoms with E-state index in [9.17, 15) is 0 Å². The molecule has 0 spiro atoms. The van der Waals surface area contributed by atoms with Crippen molar-refractivity contribution in [3.05, 3.63) is 40.9 Å². The van der Waals surface area contributed by atoms with E-state index in [0.29, 0.717) is 23.2 Å². The van der Waals surface area contributed by atoms with Gasteiger partial charge in [-0.05, 0) is 19.3 Å². The Morgan fingerprint density at radius 1 is 1.32 bits per heavy atom. The lowest BCUT2D eigenvalue weighted by molar-refractivity contribution is 0.270. The molecule has 0 aliphatic carbocycles. The van der Waals surface area contributed by atoms with Crippen LogP contribution >= 0.6 is 0 Å². The molecule has 10 heteroatoms. The van der Waals surface area contributed by atoms with E-state index in [1.165, 1.54) is 6.33 Å². The minimum atomic E-state index is -0.219. The topological polar surface area (TPSA) is 109 Å². The zero-order valence-corrected chi connectivity index (χ0v) is 17.0. The molecule has 10 nitrogen and oxygen atoms in total. The molecule has 148 valence electrons. The largest absolute Gasteiger partial charge is 0.468 e. The lowest BCUT2D eigenvalue weighted by atomic mass is 9.87. The van der Waals surface area contributed by atoms with Gasteiger partial charge in [0, 0.05) is 24.9 Å². The van der Waals surface area contributed by atoms with Crippen LogP contribution in [0.3, 0.4) is 0 Å². The number of aryl methyl sites for hydroxylation is 2. The molecule has 0 atom stereocenters. The molecule has 3 rings (SSSR count). The van der Waals surface area contributed by atoms with Crippen molar-refractivity contribution in [1.82, 2.24) is 29.7 Å². The lowest BCUT2D eigenvalue weighted by Crippen LogP contribution is -2.19. The lowest BCUT2D eigenvalue weighted by Gasteiger charge is -2.19. The summed E-state index contributed by atoms with van der Waals surface area (Å²) < 4.78 is 14.4. The van der Waals surface area contributed by atoms with E-state index < -0.39 is 0 Å². The summed E-state index contributed by atoms with van der Waals surface area (Å²) in [5.74, 6) is 1.60. The number of aromatic nitrogens is 6. The van der Waals surface area contributed by atoms with Gasteiger partial charge in [0.15, 0.2) is 11.5 Å². The molecule has 3 aromatic rings. The van der Waals surface area contributed by atoms with Gasteiger partial charge in [-0.1, -0.05) is 25.9 Å². The highest BCUT2D eigenvalue weighted by Gasteiger charge is 2.30. The summed E-state index contributed by atoms with van der Waals surface area (Å²) in [4.78, 5) is 4.19. The Kier molecular flexibility index (Phi) is 5.12. The van der Waals surface area contributed by atoms with Crippen LogP contribution in [-0.2, 0) is 19.1 Å². The number of hydrogen-bond acceptors (Lipinski definition) is 8. The zero-order valence-electron chi connectivity index (χ0n) is 17.0. The van der Waals surface area contributed by atoms with E-state index in [-0.39, 0.29) is 12.0 Å². The summed E-state index contributed by atoms with van der Waals surface area (Å²) in [6.45, 7) is 13.8. The van der Waals surface area contributed by atoms with Crippen LogP contribution in [-0.4, -0.2) is 42.3 Å². The van der Waals surface area contributed by atoms with Gasteiger partial charge in [-0.3, -0.25) is 4.68 Å². The minimum absolute atomic E-state index is 0.219. The Bertz CT molecular complexity index is 1020. The quantitative estimate of drug-likeness (QED) is 0.380. The molecule has 0 unspecified atom stereocenters. The Morgan fingerprint density at radius 2 is 2.07 bits per heavy atom. The molecular weight excluding hydrogens is 360 g/mol. The van der Waals surface area contributed by atoms with Crippen LogP contribution in [0.15, 0.2) is 27.3 Å². The highest BCUT2D eigenvalue weighted by molar-refractivity contribution is 5.99. The van der Waals surface area contributed by atoms with Gasteiger partial charge in [-0.2, -0.15) is 10.2 Å². The van der Waals surface area contributed by atoms with Gasteiger partial charge in [0.25, 0.3) is 0 Å². The standard InChI is InChI=1S/C18H24N8O2/c1-11-8-28-24-15(11)16(22-19-6)26-12(2)14(18(3,4)5)17(23-26)27-9-13-20-10-21-25(13)7/h8,10H,6,9H2,1-5,7H3/b22-16-. The first-order valence-corrected chi connectivity index (χ1v) is 8.75. The fraction of sp³-hybridized carbons (Fsp3) is 0.444. The summed E-state index contributed by atoms with van der Waals surface area (Å²) >= 11 is 0. The van der Waals surface area contributed by atoms with Crippen molar-refractivity contribution in [1.29, 1.82) is 0 Å². The average Bonchev–Trinajstić information content (AvgIpc) is 3.30. The Labute approximate surface area is 162 Å². The third-order valence-electron chi connectivity index (χ3n) is 4.30. The second-order valence-corrected chi connectivity index (χ2v) is 7.43. The molecule has 0 amide bonds. The predicted molar refractivity (Wildman–Crippen MR) is 104 cm³/mol. The van der Waals surface area contributed by atoms with Gasteiger partial charge in [0.2, 0.25) is 11.7 Å². The van der Waals surface area contributed by atoms with E-state index >= 15 is 0 Å². The molecular formula is C18H24N8O2. The van der Waals surface area contributed by atoms with E-state index in [4.69, 9.17) is 9.26 Å². The molecule has 0 radical (unpaired) electrons. The van der Waals surface area contributed by atoms with Gasteiger partial charge in [0.05, 0.1) is 5.69 Å². The average molecular weight is 384 g/mol. The first-order valence-electron chi connectivity index (χ1n) is 8.75. The number of hydrogen-bond donors (Lipinski definition) is 0. The summed E-state index contributed by atoms with van der Waals surface area (Å²) in [6.07, 6.45) is 3.03. The van der Waals surface area contributed by atoms with Crippen molar-refractivity contribution in [2.24, 2.45) is 17.3 Å². The first kappa shape index (κ1) is 19.5. The van der Waals surface area contributed by atoms with Crippen LogP contribution in [0.25, 0.3) is 0 Å². The van der Waals surface area contributed by atoms with Crippen LogP contribution in [0.5, 0.6) is 5.88 Å². The van der Waals surface area contributed by atoms with Crippen LogP contribution < -0.4 is 4.74 Å². The maximum Gasteiger partial charge on any atom is 0.237 e. The number of ether oxygens (including phenoxy) is 1. The van der Waals surface area contributed by atoms with E-state index in [1.807, 2.05) is 20.9 Å². The van der Waals surface area contributed by atoms with Crippen molar-refractivity contribution in [2.75, 3.05) is 0 Å². The maximum absolute atomic E-state index is 6.03. The normalized spacial score (nSPS) is 12.4. The Morgan fingerprint density at radius 3 is 2.61 bits per heavy atom. The van der Waals surface area contributed by atoms with Crippen LogP contribution in [0, 0.1) is 13.8 Å². The molecule has 0 aromatic carbocycles. The van der Waals surface area contributed by atoms with Crippen LogP contribution in [0.4, 0.5) is 0 Å². The summed E-state index contributed by atoms with van der Waals surface area (Å²) in [5.41, 5.74) is 2.95. The molecule has 28 heavy (non-hydrogen) atoms. The molecule has 0 bridgehead atoms. The number of rotatable bonds is 5. The van der Waals surface area contributed by atoms with Gasteiger partial charge >= 0.3 is 0 Å². The van der Waals surface area contributed by atoms with E-state index in [2.05, 4.69) is 58.0 Å². The highest BCUT2D eigenvalue weighted by Crippen LogP contribution is 2.34. The second-order valence-electron chi connectivity index (χ2n) is 7.43. The Balaban J connectivity index is 2.08. The monoisotopic (exact) mass is 384 g/mol. The van der Waals surface area contributed by atoms with Crippen molar-refractivity contribution in [2.45, 2.75) is 46.6 Å². The van der Waals surface area contributed by atoms with Gasteiger partial charge in [-0.25, -0.2) is 9.67 Å². The fourth-order valence-electron chi connectivity index (χ4n) is 2.99. The van der Waals surface area contributed by atoms with Crippen molar-refractivity contribution in [3.8, 4) is 5.88 Å². The van der Waals surface area contributed by atoms with Crippen molar-refractivity contribution in [3.63, 3.8) is 0 Å². The first-order chi connectivity index (χ1) is 13.2. The van der Waals surface area contributed by atoms with Gasteiger partial charge in [-0.15, -0.1) is 10.2 Å². The molecule has 0 N–H and O–H groups in total. The zero-order chi connectivity index (χ0) is 20.5. The highest BCUT2D eigenvalue weighted by atomic mass is 16.5. The van der Waals surface area contributed by atoms with Gasteiger partial charge in [0.1, 0.15) is 19.2 Å². The summed E-state index contributed by atoms with van der Waals surface area (Å²) in [6, 6.07) is 0. The second kappa shape index (κ2) is 7.37. The van der Waals surface area contributed by atoms with Crippen LogP contribution in [0.2, 0.25) is 0 Å². The molecule has 0 saturated heterocycles. The maximum atomic E-state index is 6.03. The molecule has 0 aliphatic rings. The van der Waals surface area contributed by atoms with Crippen molar-refractivity contribution >= 4 is 12.6 Å². The molecule has 0 aliphatic heterocycles. The number of nitrogens with zero attached hydrogens (tertiary/aromatic N) is 8. The fourth-order valence-corrected chi connectivity index (χ4v) is 2.99. The third-order valence-corrected chi connectivity index (χ3v) is 4.30. The predicted octanol–water partition coefficient (Wildman–Crippen LogP) is 2.40. The third kappa shape index (κ3) is 3.57. The molecule has 0 fully saturated rings. The molecule has 3 heterocycles. The summed E-state index contributed by atoms with van der Waals surface area (Å²) in [7, 11) is 1.81. The van der Waals surface area contributed by atoms with Gasteiger partial charge < -0.3 is 9.26 Å². The van der Waals surface area contributed by atoms with E-state index in [1.54, 1.807) is 15.6 Å². The SMILES string of the molecule is C=N/N=C(/c1nocc1C)n1nc(OCc2ncnn2C)c(C(C)(C)C)c1C. The van der Waals surface area contributed by atoms with E-state index in [0.717, 1.165) is 16.8 Å².